The number of amides is 1. The van der Waals surface area contributed by atoms with Crippen LogP contribution in [0.3, 0.4) is 0 Å². The number of aryl methyl sites for hydroxylation is 1. The summed E-state index contributed by atoms with van der Waals surface area (Å²) in [6.07, 6.45) is 3.51. The number of rotatable bonds is 7. The number of nitrogens with zero attached hydrogens (tertiary/aromatic N) is 3. The lowest BCUT2D eigenvalue weighted by Gasteiger charge is -2.12. The van der Waals surface area contributed by atoms with Crippen LogP contribution in [0.5, 0.6) is 0 Å². The van der Waals surface area contributed by atoms with Crippen molar-refractivity contribution in [2.24, 2.45) is 0 Å². The minimum absolute atomic E-state index is 0.148. The zero-order valence-corrected chi connectivity index (χ0v) is 21.9. The summed E-state index contributed by atoms with van der Waals surface area (Å²) >= 11 is 7.76. The number of aromatic nitrogens is 3. The van der Waals surface area contributed by atoms with Crippen molar-refractivity contribution in [3.8, 4) is 0 Å². The van der Waals surface area contributed by atoms with Crippen LogP contribution in [0.4, 0.5) is 10.1 Å². The van der Waals surface area contributed by atoms with Gasteiger partial charge in [-0.15, -0.1) is 0 Å². The van der Waals surface area contributed by atoms with E-state index in [0.717, 1.165) is 44.1 Å². The van der Waals surface area contributed by atoms with Crippen LogP contribution in [-0.4, -0.2) is 20.4 Å². The van der Waals surface area contributed by atoms with Gasteiger partial charge in [0.25, 0.3) is 5.91 Å². The van der Waals surface area contributed by atoms with E-state index in [0.29, 0.717) is 22.9 Å². The molecule has 8 heteroatoms. The lowest BCUT2D eigenvalue weighted by molar-refractivity contribution is 0.102. The number of carbonyl (C=O) groups is 1. The second-order valence-corrected chi connectivity index (χ2v) is 10.1. The molecule has 5 nitrogen and oxygen atoms in total. The highest BCUT2D eigenvalue weighted by Gasteiger charge is 2.14. The molecule has 0 aliphatic carbocycles. The highest BCUT2D eigenvalue weighted by atomic mass is 35.5. The van der Waals surface area contributed by atoms with Gasteiger partial charge >= 0.3 is 0 Å². The normalized spacial score (nSPS) is 11.1. The van der Waals surface area contributed by atoms with E-state index in [1.807, 2.05) is 62.4 Å². The topological polar surface area (TPSA) is 59.8 Å². The fraction of sp³-hybridized carbons (Fsp3) is 0.138. The van der Waals surface area contributed by atoms with Gasteiger partial charge in [0.15, 0.2) is 5.16 Å². The van der Waals surface area contributed by atoms with Gasteiger partial charge in [0.2, 0.25) is 0 Å². The van der Waals surface area contributed by atoms with Crippen LogP contribution in [0.1, 0.15) is 32.6 Å². The predicted molar refractivity (Wildman–Crippen MR) is 148 cm³/mol. The first kappa shape index (κ1) is 25.0. The summed E-state index contributed by atoms with van der Waals surface area (Å²) in [6, 6.07) is 19.7. The smallest absolute Gasteiger partial charge is 0.255 e. The van der Waals surface area contributed by atoms with E-state index >= 15 is 0 Å². The Labute approximate surface area is 223 Å². The monoisotopic (exact) mass is 530 g/mol. The lowest BCUT2D eigenvalue weighted by Crippen LogP contribution is -2.13. The number of anilines is 1. The molecule has 2 aromatic heterocycles. The van der Waals surface area contributed by atoms with E-state index < -0.39 is 0 Å². The maximum Gasteiger partial charge on any atom is 0.255 e. The van der Waals surface area contributed by atoms with Crippen molar-refractivity contribution in [1.82, 2.24) is 14.5 Å². The standard InChI is InChI=1S/C29H24ClFN4OS/c1-18-4-3-5-25(19(18)2)33-28(36)21-8-6-20(7-9-21)16-35-27-15-32-13-12-26(27)34-29(35)37-17-22-10-11-23(31)14-24(22)30/h3-15H,16-17H2,1-2H3,(H,33,36). The second-order valence-electron chi connectivity index (χ2n) is 8.77. The van der Waals surface area contributed by atoms with E-state index in [2.05, 4.69) is 14.9 Å². The summed E-state index contributed by atoms with van der Waals surface area (Å²) in [5.74, 6) is 0.0426. The molecule has 0 aliphatic rings. The number of carbonyl (C=O) groups excluding carboxylic acids is 1. The number of pyridine rings is 1. The number of thioether (sulfide) groups is 1. The molecule has 0 bridgehead atoms. The molecule has 0 unspecified atom stereocenters. The molecule has 3 aromatic carbocycles. The predicted octanol–water partition coefficient (Wildman–Crippen LogP) is 7.43. The van der Waals surface area contributed by atoms with Gasteiger partial charge in [-0.1, -0.05) is 53.7 Å². The van der Waals surface area contributed by atoms with Crippen molar-refractivity contribution in [2.75, 3.05) is 5.32 Å². The first-order valence-corrected chi connectivity index (χ1v) is 13.1. The molecule has 37 heavy (non-hydrogen) atoms. The van der Waals surface area contributed by atoms with Crippen molar-refractivity contribution < 1.29 is 9.18 Å². The van der Waals surface area contributed by atoms with Gasteiger partial charge in [-0.05, 0) is 72.5 Å². The molecule has 2 heterocycles. The molecule has 0 aliphatic heterocycles. The highest BCUT2D eigenvalue weighted by molar-refractivity contribution is 7.98. The molecule has 0 radical (unpaired) electrons. The molecular weight excluding hydrogens is 507 g/mol. The average molecular weight is 531 g/mol. The Balaban J connectivity index is 1.35. The van der Waals surface area contributed by atoms with Crippen molar-refractivity contribution in [3.05, 3.63) is 118 Å². The van der Waals surface area contributed by atoms with Gasteiger partial charge in [-0.3, -0.25) is 9.78 Å². The van der Waals surface area contributed by atoms with E-state index in [1.165, 1.54) is 23.9 Å². The molecule has 5 rings (SSSR count). The van der Waals surface area contributed by atoms with Gasteiger partial charge in [0.05, 0.1) is 23.8 Å². The first-order valence-electron chi connectivity index (χ1n) is 11.7. The Morgan fingerprint density at radius 3 is 2.68 bits per heavy atom. The number of halogens is 2. The highest BCUT2D eigenvalue weighted by Crippen LogP contribution is 2.30. The fourth-order valence-corrected chi connectivity index (χ4v) is 5.35. The Kier molecular flexibility index (Phi) is 7.26. The third-order valence-corrected chi connectivity index (χ3v) is 7.67. The number of hydrogen-bond donors (Lipinski definition) is 1. The van der Waals surface area contributed by atoms with Crippen LogP contribution < -0.4 is 5.32 Å². The molecule has 0 saturated carbocycles. The fourth-order valence-electron chi connectivity index (χ4n) is 4.02. The second kappa shape index (κ2) is 10.7. The quantitative estimate of drug-likeness (QED) is 0.222. The zero-order valence-electron chi connectivity index (χ0n) is 20.3. The number of nitrogens with one attached hydrogen (secondary N) is 1. The largest absolute Gasteiger partial charge is 0.322 e. The van der Waals surface area contributed by atoms with Gasteiger partial charge in [-0.25, -0.2) is 9.37 Å². The Hall–Kier alpha value is -3.68. The third-order valence-electron chi connectivity index (χ3n) is 6.30. The molecule has 0 atom stereocenters. The van der Waals surface area contributed by atoms with Crippen molar-refractivity contribution in [1.29, 1.82) is 0 Å². The van der Waals surface area contributed by atoms with E-state index in [-0.39, 0.29) is 11.7 Å². The van der Waals surface area contributed by atoms with E-state index in [4.69, 9.17) is 16.6 Å². The Morgan fingerprint density at radius 2 is 1.89 bits per heavy atom. The minimum atomic E-state index is -0.358. The maximum absolute atomic E-state index is 13.4. The van der Waals surface area contributed by atoms with Crippen molar-refractivity contribution in [3.63, 3.8) is 0 Å². The minimum Gasteiger partial charge on any atom is -0.322 e. The number of imidazole rings is 1. The van der Waals surface area contributed by atoms with Crippen LogP contribution in [0.25, 0.3) is 11.0 Å². The van der Waals surface area contributed by atoms with Crippen molar-refractivity contribution >= 4 is 46.0 Å². The zero-order chi connectivity index (χ0) is 25.9. The molecule has 186 valence electrons. The van der Waals surface area contributed by atoms with Crippen molar-refractivity contribution in [2.45, 2.75) is 31.3 Å². The van der Waals surface area contributed by atoms with Gasteiger partial charge in [0.1, 0.15) is 5.82 Å². The van der Waals surface area contributed by atoms with Crippen LogP contribution in [-0.2, 0) is 12.3 Å². The van der Waals surface area contributed by atoms with Crippen LogP contribution in [0.2, 0.25) is 5.02 Å². The first-order chi connectivity index (χ1) is 17.9. The van der Waals surface area contributed by atoms with Crippen LogP contribution >= 0.6 is 23.4 Å². The summed E-state index contributed by atoms with van der Waals surface area (Å²) in [7, 11) is 0. The summed E-state index contributed by atoms with van der Waals surface area (Å²) < 4.78 is 15.5. The van der Waals surface area contributed by atoms with Gasteiger partial charge < -0.3 is 9.88 Å². The Bertz CT molecular complexity index is 1600. The maximum atomic E-state index is 13.4. The summed E-state index contributed by atoms with van der Waals surface area (Å²) in [5.41, 5.74) is 7.19. The molecule has 0 spiro atoms. The summed E-state index contributed by atoms with van der Waals surface area (Å²) in [4.78, 5) is 21.9. The number of fused-ring (bicyclic) bond motifs is 1. The van der Waals surface area contributed by atoms with Gasteiger partial charge in [-0.2, -0.15) is 0 Å². The van der Waals surface area contributed by atoms with E-state index in [9.17, 15) is 9.18 Å². The summed E-state index contributed by atoms with van der Waals surface area (Å²) in [5, 5.41) is 4.21. The third kappa shape index (κ3) is 5.53. The number of benzene rings is 3. The van der Waals surface area contributed by atoms with Gasteiger partial charge in [0, 0.05) is 28.2 Å². The summed E-state index contributed by atoms with van der Waals surface area (Å²) in [6.45, 7) is 4.58. The van der Waals surface area contributed by atoms with E-state index in [1.54, 1.807) is 18.5 Å². The molecule has 0 saturated heterocycles. The molecule has 0 fully saturated rings. The SMILES string of the molecule is Cc1cccc(NC(=O)c2ccc(Cn3c(SCc4ccc(F)cc4Cl)nc4ccncc43)cc2)c1C. The number of hydrogen-bond acceptors (Lipinski definition) is 4. The average Bonchev–Trinajstić information content (AvgIpc) is 3.24. The van der Waals surface area contributed by atoms with Crippen LogP contribution in [0, 0.1) is 19.7 Å². The van der Waals surface area contributed by atoms with Crippen LogP contribution in [0.15, 0.2) is 84.3 Å². The molecule has 5 aromatic rings. The molecule has 1 N–H and O–H groups in total. The Morgan fingerprint density at radius 1 is 1.08 bits per heavy atom. The lowest BCUT2D eigenvalue weighted by atomic mass is 10.1. The molecule has 1 amide bonds. The molecular formula is C29H24ClFN4OS.